The Kier molecular flexibility index (Phi) is 5.14. The Hall–Kier alpha value is -2.66. The van der Waals surface area contributed by atoms with Gasteiger partial charge < -0.3 is 10.0 Å². The van der Waals surface area contributed by atoms with Crippen LogP contribution in [0.5, 0.6) is 0 Å². The number of imidazole rings is 1. The average molecular weight is 337 g/mol. The molecular weight excluding hydrogens is 314 g/mol. The lowest BCUT2D eigenvalue weighted by molar-refractivity contribution is 0.0699. The minimum Gasteiger partial charge on any atom is -0.395 e. The summed E-state index contributed by atoms with van der Waals surface area (Å²) in [5.74, 6) is -0.105. The van der Waals surface area contributed by atoms with Gasteiger partial charge in [-0.3, -0.25) is 9.20 Å². The number of aliphatic hydroxyl groups excluding tert-OH is 1. The number of rotatable bonds is 6. The Morgan fingerprint density at radius 2 is 2.00 bits per heavy atom. The van der Waals surface area contributed by atoms with E-state index in [1.807, 2.05) is 66.9 Å². The monoisotopic (exact) mass is 337 g/mol. The first-order valence-corrected chi connectivity index (χ1v) is 8.55. The fourth-order valence-electron chi connectivity index (χ4n) is 2.99. The second-order valence-electron chi connectivity index (χ2n) is 6.13. The summed E-state index contributed by atoms with van der Waals surface area (Å²) in [7, 11) is 0. The second-order valence-corrected chi connectivity index (χ2v) is 6.13. The van der Waals surface area contributed by atoms with Crippen molar-refractivity contribution in [3.63, 3.8) is 0 Å². The molecule has 0 unspecified atom stereocenters. The van der Waals surface area contributed by atoms with E-state index in [2.05, 4.69) is 4.98 Å². The summed E-state index contributed by atoms with van der Waals surface area (Å²) in [6.45, 7) is 4.68. The molecule has 0 aliphatic heterocycles. The van der Waals surface area contributed by atoms with Gasteiger partial charge in [-0.25, -0.2) is 4.98 Å². The van der Waals surface area contributed by atoms with Gasteiger partial charge in [0.2, 0.25) is 0 Å². The van der Waals surface area contributed by atoms with Gasteiger partial charge in [-0.05, 0) is 36.6 Å². The zero-order valence-electron chi connectivity index (χ0n) is 14.6. The van der Waals surface area contributed by atoms with Crippen molar-refractivity contribution in [2.75, 3.05) is 13.2 Å². The van der Waals surface area contributed by atoms with E-state index in [9.17, 15) is 9.90 Å². The lowest BCUT2D eigenvalue weighted by atomic mass is 10.2. The normalized spacial score (nSPS) is 11.0. The van der Waals surface area contributed by atoms with Gasteiger partial charge in [0.25, 0.3) is 5.91 Å². The quantitative estimate of drug-likeness (QED) is 0.752. The van der Waals surface area contributed by atoms with Gasteiger partial charge >= 0.3 is 0 Å². The standard InChI is InChI=1S/C20H23N3O2/c1-3-17-19(23-10-9-15(2)13-18(23)21-17)20(25)22(11-12-24)14-16-7-5-4-6-8-16/h4-10,13,24H,3,11-12,14H2,1-2H3. The van der Waals surface area contributed by atoms with Crippen LogP contribution in [0, 0.1) is 6.92 Å². The predicted molar refractivity (Wildman–Crippen MR) is 97.6 cm³/mol. The number of hydrogen-bond acceptors (Lipinski definition) is 3. The molecule has 0 saturated heterocycles. The van der Waals surface area contributed by atoms with Crippen LogP contribution in [0.25, 0.3) is 5.65 Å². The van der Waals surface area contributed by atoms with Crippen LogP contribution in [0.15, 0.2) is 48.7 Å². The van der Waals surface area contributed by atoms with Crippen LogP contribution in [-0.4, -0.2) is 38.4 Å². The van der Waals surface area contributed by atoms with Crippen molar-refractivity contribution in [2.45, 2.75) is 26.8 Å². The lowest BCUT2D eigenvalue weighted by Gasteiger charge is -2.22. The first-order valence-electron chi connectivity index (χ1n) is 8.55. The Labute approximate surface area is 147 Å². The zero-order valence-corrected chi connectivity index (χ0v) is 14.6. The van der Waals surface area contributed by atoms with E-state index in [0.717, 1.165) is 22.5 Å². The van der Waals surface area contributed by atoms with Crippen molar-refractivity contribution >= 4 is 11.6 Å². The Morgan fingerprint density at radius 1 is 1.24 bits per heavy atom. The smallest absolute Gasteiger partial charge is 0.273 e. The summed E-state index contributed by atoms with van der Waals surface area (Å²) in [6.07, 6.45) is 2.57. The van der Waals surface area contributed by atoms with Gasteiger partial charge in [0, 0.05) is 19.3 Å². The molecule has 3 aromatic rings. The predicted octanol–water partition coefficient (Wildman–Crippen LogP) is 2.84. The molecule has 0 bridgehead atoms. The SMILES string of the molecule is CCc1nc2cc(C)ccn2c1C(=O)N(CCO)Cc1ccccc1. The fraction of sp³-hybridized carbons (Fsp3) is 0.300. The van der Waals surface area contributed by atoms with E-state index in [4.69, 9.17) is 0 Å². The summed E-state index contributed by atoms with van der Waals surface area (Å²) in [6, 6.07) is 13.8. The third kappa shape index (κ3) is 3.56. The number of pyridine rings is 1. The molecule has 0 fully saturated rings. The van der Waals surface area contributed by atoms with E-state index in [1.165, 1.54) is 0 Å². The van der Waals surface area contributed by atoms with Crippen LogP contribution in [0.4, 0.5) is 0 Å². The number of aryl methyl sites for hydroxylation is 2. The molecule has 130 valence electrons. The summed E-state index contributed by atoms with van der Waals surface area (Å²) >= 11 is 0. The Balaban J connectivity index is 2.00. The second kappa shape index (κ2) is 7.49. The molecule has 25 heavy (non-hydrogen) atoms. The van der Waals surface area contributed by atoms with Crippen molar-refractivity contribution in [3.05, 3.63) is 71.2 Å². The van der Waals surface area contributed by atoms with Crippen LogP contribution in [0.3, 0.4) is 0 Å². The van der Waals surface area contributed by atoms with Gasteiger partial charge in [-0.15, -0.1) is 0 Å². The Bertz CT molecular complexity index is 871. The molecular formula is C20H23N3O2. The number of fused-ring (bicyclic) bond motifs is 1. The molecule has 0 radical (unpaired) electrons. The number of amides is 1. The molecule has 0 spiro atoms. The number of benzene rings is 1. The number of carbonyl (C=O) groups is 1. The fourth-order valence-corrected chi connectivity index (χ4v) is 2.99. The van der Waals surface area contributed by atoms with Crippen LogP contribution >= 0.6 is 0 Å². The highest BCUT2D eigenvalue weighted by Gasteiger charge is 2.23. The van der Waals surface area contributed by atoms with Crippen LogP contribution < -0.4 is 0 Å². The average Bonchev–Trinajstić information content (AvgIpc) is 2.99. The highest BCUT2D eigenvalue weighted by Crippen LogP contribution is 2.18. The van der Waals surface area contributed by atoms with Crippen molar-refractivity contribution in [1.29, 1.82) is 0 Å². The molecule has 1 aromatic carbocycles. The maximum Gasteiger partial charge on any atom is 0.273 e. The maximum atomic E-state index is 13.2. The molecule has 3 rings (SSSR count). The molecule has 2 aromatic heterocycles. The van der Waals surface area contributed by atoms with Crippen LogP contribution in [-0.2, 0) is 13.0 Å². The van der Waals surface area contributed by atoms with Gasteiger partial charge in [0.1, 0.15) is 11.3 Å². The first-order chi connectivity index (χ1) is 12.1. The molecule has 5 nitrogen and oxygen atoms in total. The molecule has 0 aliphatic carbocycles. The van der Waals surface area contributed by atoms with Gasteiger partial charge in [-0.1, -0.05) is 37.3 Å². The summed E-state index contributed by atoms with van der Waals surface area (Å²) in [5, 5.41) is 9.42. The number of hydrogen-bond donors (Lipinski definition) is 1. The third-order valence-electron chi connectivity index (χ3n) is 4.26. The molecule has 0 saturated carbocycles. The molecule has 0 aliphatic rings. The third-order valence-corrected chi connectivity index (χ3v) is 4.26. The van der Waals surface area contributed by atoms with Crippen molar-refractivity contribution < 1.29 is 9.90 Å². The van der Waals surface area contributed by atoms with Crippen LogP contribution in [0.2, 0.25) is 0 Å². The number of aliphatic hydroxyl groups is 1. The van der Waals surface area contributed by atoms with E-state index in [0.29, 0.717) is 18.7 Å². The highest BCUT2D eigenvalue weighted by molar-refractivity contribution is 5.94. The Morgan fingerprint density at radius 3 is 2.68 bits per heavy atom. The van der Waals surface area contributed by atoms with Gasteiger partial charge in [0.05, 0.1) is 12.3 Å². The van der Waals surface area contributed by atoms with Crippen molar-refractivity contribution in [1.82, 2.24) is 14.3 Å². The van der Waals surface area contributed by atoms with Gasteiger partial charge in [0.15, 0.2) is 0 Å². The topological polar surface area (TPSA) is 57.8 Å². The zero-order chi connectivity index (χ0) is 17.8. The van der Waals surface area contributed by atoms with Gasteiger partial charge in [-0.2, -0.15) is 0 Å². The van der Waals surface area contributed by atoms with Crippen molar-refractivity contribution in [2.24, 2.45) is 0 Å². The minimum atomic E-state index is -0.105. The molecule has 2 heterocycles. The summed E-state index contributed by atoms with van der Waals surface area (Å²) < 4.78 is 1.85. The van der Waals surface area contributed by atoms with E-state index in [1.54, 1.807) is 4.90 Å². The molecule has 0 atom stereocenters. The van der Waals surface area contributed by atoms with E-state index >= 15 is 0 Å². The number of nitrogens with zero attached hydrogens (tertiary/aromatic N) is 3. The van der Waals surface area contributed by atoms with Crippen molar-refractivity contribution in [3.8, 4) is 0 Å². The highest BCUT2D eigenvalue weighted by atomic mass is 16.3. The molecule has 5 heteroatoms. The largest absolute Gasteiger partial charge is 0.395 e. The number of aromatic nitrogens is 2. The molecule has 1 N–H and O–H groups in total. The summed E-state index contributed by atoms with van der Waals surface area (Å²) in [4.78, 5) is 19.5. The maximum absolute atomic E-state index is 13.2. The van der Waals surface area contributed by atoms with E-state index < -0.39 is 0 Å². The summed E-state index contributed by atoms with van der Waals surface area (Å²) in [5.41, 5.74) is 4.29. The van der Waals surface area contributed by atoms with E-state index in [-0.39, 0.29) is 19.1 Å². The van der Waals surface area contributed by atoms with Crippen LogP contribution in [0.1, 0.15) is 34.2 Å². The number of carbonyl (C=O) groups excluding carboxylic acids is 1. The lowest BCUT2D eigenvalue weighted by Crippen LogP contribution is -2.34. The first kappa shape index (κ1) is 17.2. The minimum absolute atomic E-state index is 0.0735. The molecule has 1 amide bonds.